The Morgan fingerprint density at radius 3 is 2.59 bits per heavy atom. The van der Waals surface area contributed by atoms with Gasteiger partial charge in [0.15, 0.2) is 5.76 Å². The van der Waals surface area contributed by atoms with Gasteiger partial charge >= 0.3 is 12.4 Å². The van der Waals surface area contributed by atoms with Crippen LogP contribution >= 0.6 is 12.1 Å². The Labute approximate surface area is 222 Å². The third-order valence-corrected chi connectivity index (χ3v) is 6.23. The zero-order valence-corrected chi connectivity index (χ0v) is 20.5. The zero-order valence-electron chi connectivity index (χ0n) is 19.7. The van der Waals surface area contributed by atoms with Gasteiger partial charge in [0.1, 0.15) is 23.1 Å². The Balaban J connectivity index is 1.22. The van der Waals surface area contributed by atoms with E-state index in [9.17, 15) is 26.7 Å². The number of anilines is 1. The number of halogens is 5. The summed E-state index contributed by atoms with van der Waals surface area (Å²) in [5.41, 5.74) is 4.56. The van der Waals surface area contributed by atoms with E-state index in [2.05, 4.69) is 24.3 Å². The highest BCUT2D eigenvalue weighted by molar-refractivity contribution is 7.96. The van der Waals surface area contributed by atoms with Crippen LogP contribution in [-0.2, 0) is 12.8 Å². The van der Waals surface area contributed by atoms with E-state index in [0.717, 1.165) is 46.5 Å². The third-order valence-electron chi connectivity index (χ3n) is 5.74. The highest BCUT2D eigenvalue weighted by Crippen LogP contribution is 2.39. The molecule has 3 aromatic carbocycles. The summed E-state index contributed by atoms with van der Waals surface area (Å²) in [6.07, 6.45) is -1.95. The Morgan fingerprint density at radius 2 is 1.85 bits per heavy atom. The van der Waals surface area contributed by atoms with E-state index in [0.29, 0.717) is 35.9 Å². The Morgan fingerprint density at radius 1 is 1.05 bits per heavy atom. The molecular formula is C26H17F5N4O3S. The minimum atomic E-state index is -4.77. The Hall–Kier alpha value is -4.39. The zero-order chi connectivity index (χ0) is 27.6. The van der Waals surface area contributed by atoms with E-state index in [1.54, 1.807) is 0 Å². The minimum absolute atomic E-state index is 0.170. The first-order valence-electron chi connectivity index (χ1n) is 11.4. The smallest absolute Gasteiger partial charge is 0.406 e. The summed E-state index contributed by atoms with van der Waals surface area (Å²) in [6.45, 7) is 0. The maximum absolute atomic E-state index is 13.6. The number of aromatic nitrogens is 1. The first-order valence-corrected chi connectivity index (χ1v) is 12.1. The van der Waals surface area contributed by atoms with Crippen molar-refractivity contribution in [2.75, 3.05) is 5.32 Å². The van der Waals surface area contributed by atoms with Crippen LogP contribution in [0.4, 0.5) is 32.4 Å². The molecule has 1 aliphatic carbocycles. The number of fused-ring (bicyclic) bond motifs is 3. The predicted octanol–water partition coefficient (Wildman–Crippen LogP) is 7.09. The van der Waals surface area contributed by atoms with E-state index in [1.807, 2.05) is 18.2 Å². The topological polar surface area (TPSA) is 88.8 Å². The van der Waals surface area contributed by atoms with Crippen molar-refractivity contribution < 1.29 is 36.0 Å². The average Bonchev–Trinajstić information content (AvgIpc) is 3.32. The fraction of sp³-hybridized carbons (Fsp3) is 0.115. The van der Waals surface area contributed by atoms with Crippen LogP contribution in [0.1, 0.15) is 16.7 Å². The van der Waals surface area contributed by atoms with Crippen molar-refractivity contribution in [3.63, 3.8) is 0 Å². The number of nitrogens with zero attached hydrogens (tertiary/aromatic N) is 2. The van der Waals surface area contributed by atoms with Crippen LogP contribution in [0.5, 0.6) is 5.75 Å². The molecule has 0 unspecified atom stereocenters. The van der Waals surface area contributed by atoms with Gasteiger partial charge in [-0.15, -0.1) is 13.2 Å². The molecule has 5 rings (SSSR count). The lowest BCUT2D eigenvalue weighted by atomic mass is 9.87. The number of carbonyl (C=O) groups is 1. The van der Waals surface area contributed by atoms with Gasteiger partial charge < -0.3 is 14.6 Å². The van der Waals surface area contributed by atoms with Crippen LogP contribution in [0.25, 0.3) is 22.6 Å². The number of benzene rings is 3. The number of urea groups is 1. The summed E-state index contributed by atoms with van der Waals surface area (Å²) in [6, 6.07) is 13.1. The van der Waals surface area contributed by atoms with E-state index < -0.39 is 24.0 Å². The molecule has 1 aromatic heterocycles. The van der Waals surface area contributed by atoms with Crippen molar-refractivity contribution in [1.82, 2.24) is 9.88 Å². The molecule has 200 valence electrons. The molecule has 0 spiro atoms. The average molecular weight is 561 g/mol. The van der Waals surface area contributed by atoms with Gasteiger partial charge in [-0.05, 0) is 66.4 Å². The maximum Gasteiger partial charge on any atom is 0.573 e. The second-order valence-corrected chi connectivity index (χ2v) is 8.93. The van der Waals surface area contributed by atoms with Crippen molar-refractivity contribution >= 4 is 30.1 Å². The first kappa shape index (κ1) is 26.2. The standard InChI is InChI=1S/C26H17F5N4O3S/c27-17-5-10-22(21(28)12-17)33-25(36)35-39-32-13-14-1-8-19-16(11-14)4-9-20-23(19)34-38-24(20)15-2-6-18(7-3-15)37-26(29,30)31/h1-3,5-8,10-13H,4,9H2,(H2,33,35,36). The summed E-state index contributed by atoms with van der Waals surface area (Å²) >= 11 is 0.727. The van der Waals surface area contributed by atoms with Crippen LogP contribution < -0.4 is 14.8 Å². The number of carbonyl (C=O) groups excluding carboxylic acids is 1. The highest BCUT2D eigenvalue weighted by atomic mass is 32.2. The molecular weight excluding hydrogens is 543 g/mol. The summed E-state index contributed by atoms with van der Waals surface area (Å²) in [5.74, 6) is -1.49. The van der Waals surface area contributed by atoms with Gasteiger partial charge in [-0.2, -0.15) is 0 Å². The number of nitrogens with one attached hydrogen (secondary N) is 2. The van der Waals surface area contributed by atoms with Crippen LogP contribution in [0, 0.1) is 11.6 Å². The third kappa shape index (κ3) is 6.20. The van der Waals surface area contributed by atoms with E-state index in [4.69, 9.17) is 4.52 Å². The molecule has 0 saturated carbocycles. The number of alkyl halides is 3. The van der Waals surface area contributed by atoms with Gasteiger partial charge in [0, 0.05) is 29.0 Å². The maximum atomic E-state index is 13.6. The summed E-state index contributed by atoms with van der Waals surface area (Å²) in [7, 11) is 0. The second kappa shape index (κ2) is 10.8. The molecule has 0 radical (unpaired) electrons. The first-order chi connectivity index (χ1) is 18.7. The van der Waals surface area contributed by atoms with Gasteiger partial charge in [-0.25, -0.2) is 18.0 Å². The van der Waals surface area contributed by atoms with Crippen LogP contribution in [0.3, 0.4) is 0 Å². The van der Waals surface area contributed by atoms with Crippen molar-refractivity contribution in [1.29, 1.82) is 0 Å². The Bertz CT molecular complexity index is 1550. The number of aryl methyl sites for hydroxylation is 1. The second-order valence-electron chi connectivity index (χ2n) is 8.33. The molecule has 0 saturated heterocycles. The fourth-order valence-electron chi connectivity index (χ4n) is 4.07. The van der Waals surface area contributed by atoms with Crippen LogP contribution in [0.15, 0.2) is 69.6 Å². The van der Waals surface area contributed by atoms with Crippen LogP contribution in [-0.4, -0.2) is 23.8 Å². The quantitative estimate of drug-likeness (QED) is 0.149. The summed E-state index contributed by atoms with van der Waals surface area (Å²) < 4.78 is 79.8. The van der Waals surface area contributed by atoms with Gasteiger partial charge in [0.2, 0.25) is 0 Å². The number of ether oxygens (including phenoxy) is 1. The van der Waals surface area contributed by atoms with Crippen molar-refractivity contribution in [3.05, 3.63) is 89.0 Å². The van der Waals surface area contributed by atoms with Gasteiger partial charge in [0.25, 0.3) is 0 Å². The SMILES string of the molecule is O=C(NSN=Cc1ccc2c(c1)CCc1c-2noc1-c1ccc(OC(F)(F)F)cc1)Nc1ccc(F)cc1F. The molecule has 1 aliphatic rings. The van der Waals surface area contributed by atoms with Crippen molar-refractivity contribution in [2.24, 2.45) is 4.40 Å². The van der Waals surface area contributed by atoms with Gasteiger partial charge in [-0.3, -0.25) is 4.72 Å². The van der Waals surface area contributed by atoms with Crippen molar-refractivity contribution in [2.45, 2.75) is 19.2 Å². The predicted molar refractivity (Wildman–Crippen MR) is 135 cm³/mol. The molecule has 0 atom stereocenters. The van der Waals surface area contributed by atoms with Gasteiger partial charge in [0.05, 0.1) is 17.8 Å². The van der Waals surface area contributed by atoms with E-state index >= 15 is 0 Å². The normalized spacial score (nSPS) is 12.6. The molecule has 0 aliphatic heterocycles. The Kier molecular flexibility index (Phi) is 7.24. The van der Waals surface area contributed by atoms with E-state index in [1.165, 1.54) is 30.5 Å². The lowest BCUT2D eigenvalue weighted by Gasteiger charge is -2.15. The van der Waals surface area contributed by atoms with Crippen LogP contribution in [0.2, 0.25) is 0 Å². The fourth-order valence-corrected chi connectivity index (χ4v) is 4.43. The van der Waals surface area contributed by atoms with Gasteiger partial charge in [-0.1, -0.05) is 17.3 Å². The molecule has 7 nitrogen and oxygen atoms in total. The van der Waals surface area contributed by atoms with E-state index in [-0.39, 0.29) is 11.4 Å². The number of hydrogen-bond donors (Lipinski definition) is 2. The highest BCUT2D eigenvalue weighted by Gasteiger charge is 2.31. The summed E-state index contributed by atoms with van der Waals surface area (Å²) in [5, 5.41) is 6.46. The summed E-state index contributed by atoms with van der Waals surface area (Å²) in [4.78, 5) is 11.9. The molecule has 0 bridgehead atoms. The number of rotatable bonds is 6. The molecule has 13 heteroatoms. The lowest BCUT2D eigenvalue weighted by molar-refractivity contribution is -0.274. The minimum Gasteiger partial charge on any atom is -0.406 e. The molecule has 4 aromatic rings. The molecule has 0 fully saturated rings. The number of hydrogen-bond acceptors (Lipinski definition) is 6. The lowest BCUT2D eigenvalue weighted by Crippen LogP contribution is -2.22. The largest absolute Gasteiger partial charge is 0.573 e. The van der Waals surface area contributed by atoms with Crippen molar-refractivity contribution in [3.8, 4) is 28.3 Å². The molecule has 1 heterocycles. The molecule has 2 N–H and O–H groups in total. The molecule has 2 amide bonds. The molecule has 39 heavy (non-hydrogen) atoms. The number of amides is 2. The monoisotopic (exact) mass is 560 g/mol.